The van der Waals surface area contributed by atoms with Gasteiger partial charge < -0.3 is 25.7 Å². The Bertz CT molecular complexity index is 543. The van der Waals surface area contributed by atoms with E-state index in [2.05, 4.69) is 31.5 Å². The van der Waals surface area contributed by atoms with Crippen molar-refractivity contribution in [3.63, 3.8) is 0 Å². The highest BCUT2D eigenvalue weighted by Crippen LogP contribution is 2.14. The molecule has 1 aliphatic heterocycles. The predicted octanol–water partition coefficient (Wildman–Crippen LogP) is -1.43. The van der Waals surface area contributed by atoms with Crippen LogP contribution in [0, 0.1) is 0 Å². The van der Waals surface area contributed by atoms with Crippen LogP contribution in [-0.2, 0) is 16.1 Å². The molecule has 1 aromatic rings. The third-order valence-electron chi connectivity index (χ3n) is 2.79. The van der Waals surface area contributed by atoms with Crippen molar-refractivity contribution in [2.45, 2.75) is 25.9 Å². The minimum Gasteiger partial charge on any atom is -0.421 e. The lowest BCUT2D eigenvalue weighted by molar-refractivity contribution is -0.125. The SMILES string of the molecule is CCC1NC(=O)NCC(=O)NCC(=O)NCc2nnc1o2. The maximum atomic E-state index is 11.7. The van der Waals surface area contributed by atoms with Gasteiger partial charge in [0.1, 0.15) is 6.04 Å². The molecule has 10 heteroatoms. The highest BCUT2D eigenvalue weighted by Gasteiger charge is 2.20. The molecule has 1 aromatic heterocycles. The number of nitrogens with one attached hydrogen (secondary N) is 4. The Morgan fingerprint density at radius 2 is 1.71 bits per heavy atom. The number of hydrogen-bond acceptors (Lipinski definition) is 6. The van der Waals surface area contributed by atoms with Crippen LogP contribution in [0.4, 0.5) is 4.79 Å². The average molecular weight is 296 g/mol. The fourth-order valence-corrected chi connectivity index (χ4v) is 1.67. The van der Waals surface area contributed by atoms with Gasteiger partial charge in [0.25, 0.3) is 0 Å². The third kappa shape index (κ3) is 4.16. The Labute approximate surface area is 120 Å². The Kier molecular flexibility index (Phi) is 4.69. The van der Waals surface area contributed by atoms with Crippen LogP contribution in [0.2, 0.25) is 0 Å². The van der Waals surface area contributed by atoms with Gasteiger partial charge in [-0.15, -0.1) is 10.2 Å². The number of hydrogen-bond donors (Lipinski definition) is 4. The molecule has 1 unspecified atom stereocenters. The van der Waals surface area contributed by atoms with Gasteiger partial charge in [0, 0.05) is 0 Å². The molecule has 2 heterocycles. The lowest BCUT2D eigenvalue weighted by Gasteiger charge is -2.14. The van der Waals surface area contributed by atoms with Crippen molar-refractivity contribution >= 4 is 17.8 Å². The number of carbonyl (C=O) groups excluding carboxylic acids is 3. The molecular formula is C11H16N6O4. The van der Waals surface area contributed by atoms with Crippen molar-refractivity contribution in [2.24, 2.45) is 0 Å². The molecule has 4 amide bonds. The molecule has 1 aliphatic rings. The summed E-state index contributed by atoms with van der Waals surface area (Å²) in [5.74, 6) is -0.378. The van der Waals surface area contributed by atoms with E-state index in [0.717, 1.165) is 0 Å². The molecule has 0 saturated heterocycles. The van der Waals surface area contributed by atoms with Gasteiger partial charge in [-0.25, -0.2) is 4.79 Å². The number of nitrogens with zero attached hydrogens (tertiary/aromatic N) is 2. The third-order valence-corrected chi connectivity index (χ3v) is 2.79. The summed E-state index contributed by atoms with van der Waals surface area (Å²) in [5, 5.41) is 17.6. The van der Waals surface area contributed by atoms with Crippen molar-refractivity contribution < 1.29 is 18.8 Å². The first-order chi connectivity index (χ1) is 10.1. The van der Waals surface area contributed by atoms with Crippen molar-refractivity contribution in [2.75, 3.05) is 13.1 Å². The van der Waals surface area contributed by atoms with E-state index in [9.17, 15) is 14.4 Å². The minimum atomic E-state index is -0.529. The topological polar surface area (TPSA) is 138 Å². The summed E-state index contributed by atoms with van der Waals surface area (Å²) in [7, 11) is 0. The molecule has 2 rings (SSSR count). The van der Waals surface area contributed by atoms with Gasteiger partial charge in [0.15, 0.2) is 0 Å². The van der Waals surface area contributed by atoms with E-state index in [-0.39, 0.29) is 31.4 Å². The monoisotopic (exact) mass is 296 g/mol. The number of amides is 4. The van der Waals surface area contributed by atoms with Crippen molar-refractivity contribution in [1.29, 1.82) is 0 Å². The van der Waals surface area contributed by atoms with Crippen molar-refractivity contribution in [3.8, 4) is 0 Å². The molecule has 1 atom stereocenters. The molecule has 2 bridgehead atoms. The van der Waals surface area contributed by atoms with E-state index in [0.29, 0.717) is 6.42 Å². The van der Waals surface area contributed by atoms with Gasteiger partial charge in [0.2, 0.25) is 23.6 Å². The highest BCUT2D eigenvalue weighted by molar-refractivity contribution is 5.87. The average Bonchev–Trinajstić information content (AvgIpc) is 2.94. The summed E-state index contributed by atoms with van der Waals surface area (Å²) in [5.41, 5.74) is 0. The van der Waals surface area contributed by atoms with Crippen molar-refractivity contribution in [3.05, 3.63) is 11.8 Å². The second-order valence-corrected chi connectivity index (χ2v) is 4.38. The van der Waals surface area contributed by atoms with Gasteiger partial charge in [0.05, 0.1) is 19.6 Å². The standard InChI is InChI=1S/C11H16N6O4/c1-2-6-10-17-16-9(21-10)5-13-7(18)3-12-8(19)4-14-11(20)15-6/h6H,2-5H2,1H3,(H,12,19)(H,13,18)(H2,14,15,20). The second kappa shape index (κ2) is 6.68. The fraction of sp³-hybridized carbons (Fsp3) is 0.545. The molecular weight excluding hydrogens is 280 g/mol. The van der Waals surface area contributed by atoms with Crippen LogP contribution in [0.3, 0.4) is 0 Å². The van der Waals surface area contributed by atoms with E-state index in [1.54, 1.807) is 0 Å². The Morgan fingerprint density at radius 3 is 2.43 bits per heavy atom. The first kappa shape index (κ1) is 14.8. The van der Waals surface area contributed by atoms with Crippen LogP contribution in [0.25, 0.3) is 0 Å². The molecule has 114 valence electrons. The normalized spacial score (nSPS) is 20.6. The molecule has 0 radical (unpaired) electrons. The summed E-state index contributed by atoms with van der Waals surface area (Å²) >= 11 is 0. The molecule has 0 fully saturated rings. The zero-order valence-corrected chi connectivity index (χ0v) is 11.4. The quantitative estimate of drug-likeness (QED) is 0.501. The second-order valence-electron chi connectivity index (χ2n) is 4.38. The van der Waals surface area contributed by atoms with Gasteiger partial charge in [-0.2, -0.15) is 0 Å². The fourth-order valence-electron chi connectivity index (χ4n) is 1.67. The van der Waals surface area contributed by atoms with E-state index in [1.165, 1.54) is 0 Å². The molecule has 0 aromatic carbocycles. The highest BCUT2D eigenvalue weighted by atomic mass is 16.4. The number of urea groups is 1. The zero-order chi connectivity index (χ0) is 15.2. The Morgan fingerprint density at radius 1 is 1.05 bits per heavy atom. The number of aromatic nitrogens is 2. The first-order valence-electron chi connectivity index (χ1n) is 6.48. The van der Waals surface area contributed by atoms with E-state index >= 15 is 0 Å². The molecule has 21 heavy (non-hydrogen) atoms. The lowest BCUT2D eigenvalue weighted by Crippen LogP contribution is -2.45. The summed E-state index contributed by atoms with van der Waals surface area (Å²) in [4.78, 5) is 34.6. The maximum absolute atomic E-state index is 11.7. The number of rotatable bonds is 1. The maximum Gasteiger partial charge on any atom is 0.315 e. The molecule has 10 nitrogen and oxygen atoms in total. The zero-order valence-electron chi connectivity index (χ0n) is 11.4. The van der Waals surface area contributed by atoms with Gasteiger partial charge >= 0.3 is 6.03 Å². The minimum absolute atomic E-state index is 0.0599. The first-order valence-corrected chi connectivity index (χ1v) is 6.48. The molecule has 4 N–H and O–H groups in total. The summed E-state index contributed by atoms with van der Waals surface area (Å²) in [6.45, 7) is 1.47. The van der Waals surface area contributed by atoms with Gasteiger partial charge in [-0.1, -0.05) is 6.92 Å². The largest absolute Gasteiger partial charge is 0.421 e. The Hall–Kier alpha value is -2.65. The van der Waals surface area contributed by atoms with E-state index in [4.69, 9.17) is 4.42 Å². The van der Waals surface area contributed by atoms with Crippen LogP contribution < -0.4 is 21.3 Å². The Balaban J connectivity index is 2.14. The summed E-state index contributed by atoms with van der Waals surface area (Å²) in [6.07, 6.45) is 0.535. The summed E-state index contributed by atoms with van der Waals surface area (Å²) < 4.78 is 5.38. The van der Waals surface area contributed by atoms with E-state index < -0.39 is 23.9 Å². The predicted molar refractivity (Wildman–Crippen MR) is 68.7 cm³/mol. The van der Waals surface area contributed by atoms with Gasteiger partial charge in [-0.3, -0.25) is 9.59 Å². The molecule has 0 spiro atoms. The molecule has 0 aliphatic carbocycles. The van der Waals surface area contributed by atoms with Crippen LogP contribution in [0.5, 0.6) is 0 Å². The number of fused-ring (bicyclic) bond motifs is 2. The van der Waals surface area contributed by atoms with Crippen molar-refractivity contribution in [1.82, 2.24) is 31.5 Å². The van der Waals surface area contributed by atoms with Crippen LogP contribution in [-0.4, -0.2) is 41.1 Å². The van der Waals surface area contributed by atoms with E-state index in [1.807, 2.05) is 6.92 Å². The molecule has 0 saturated carbocycles. The summed E-state index contributed by atoms with van der Waals surface area (Å²) in [6, 6.07) is -0.994. The lowest BCUT2D eigenvalue weighted by atomic mass is 10.2. The van der Waals surface area contributed by atoms with Gasteiger partial charge in [-0.05, 0) is 6.42 Å². The number of carbonyl (C=O) groups is 3. The van der Waals surface area contributed by atoms with Crippen LogP contribution in [0.15, 0.2) is 4.42 Å². The van der Waals surface area contributed by atoms with Crippen LogP contribution in [0.1, 0.15) is 31.2 Å². The van der Waals surface area contributed by atoms with Crippen LogP contribution >= 0.6 is 0 Å². The smallest absolute Gasteiger partial charge is 0.315 e.